The predicted octanol–water partition coefficient (Wildman–Crippen LogP) is 6.02. The first-order valence-electron chi connectivity index (χ1n) is 10.3. The first-order valence-corrected chi connectivity index (χ1v) is 12.5. The number of halogens is 1. The van der Waals surface area contributed by atoms with Crippen molar-refractivity contribution in [2.45, 2.75) is 30.8 Å². The number of aryl methyl sites for hydroxylation is 1. The van der Waals surface area contributed by atoms with Crippen molar-refractivity contribution >= 4 is 56.5 Å². The smallest absolute Gasteiger partial charge is 0.267 e. The second-order valence-electron chi connectivity index (χ2n) is 7.82. The molecule has 5 rings (SSSR count). The van der Waals surface area contributed by atoms with Crippen LogP contribution in [-0.4, -0.2) is 21.2 Å². The Labute approximate surface area is 198 Å². The molecule has 32 heavy (non-hydrogen) atoms. The predicted molar refractivity (Wildman–Crippen MR) is 133 cm³/mol. The number of thiophene rings is 1. The lowest BCUT2D eigenvalue weighted by atomic mass is 10.1. The van der Waals surface area contributed by atoms with E-state index >= 15 is 0 Å². The number of aromatic nitrogens is 2. The monoisotopic (exact) mass is 481 g/mol. The molecule has 0 radical (unpaired) electrons. The lowest BCUT2D eigenvalue weighted by Gasteiger charge is -2.13. The average molecular weight is 482 g/mol. The van der Waals surface area contributed by atoms with E-state index in [0.29, 0.717) is 27.2 Å². The molecule has 1 aliphatic rings. The molecule has 4 aromatic rings. The van der Waals surface area contributed by atoms with Gasteiger partial charge in [-0.15, -0.1) is 11.3 Å². The summed E-state index contributed by atoms with van der Waals surface area (Å²) in [5.74, 6) is 0.402. The molecule has 0 aliphatic heterocycles. The highest BCUT2D eigenvalue weighted by atomic mass is 35.5. The fourth-order valence-corrected chi connectivity index (χ4v) is 5.64. The van der Waals surface area contributed by atoms with Gasteiger partial charge in [-0.3, -0.25) is 14.2 Å². The van der Waals surface area contributed by atoms with Gasteiger partial charge in [-0.2, -0.15) is 0 Å². The summed E-state index contributed by atoms with van der Waals surface area (Å²) < 4.78 is 1.63. The van der Waals surface area contributed by atoms with Crippen LogP contribution in [0.5, 0.6) is 0 Å². The molecule has 1 fully saturated rings. The summed E-state index contributed by atoms with van der Waals surface area (Å²) in [4.78, 5) is 31.7. The van der Waals surface area contributed by atoms with Gasteiger partial charge in [0, 0.05) is 10.7 Å². The Morgan fingerprint density at radius 1 is 1.25 bits per heavy atom. The average Bonchev–Trinajstić information content (AvgIpc) is 3.54. The number of carbonyl (C=O) groups excluding carboxylic acids is 1. The van der Waals surface area contributed by atoms with Gasteiger partial charge in [-0.1, -0.05) is 47.6 Å². The zero-order valence-corrected chi connectivity index (χ0v) is 19.7. The van der Waals surface area contributed by atoms with Crippen LogP contribution in [0.2, 0.25) is 5.02 Å². The van der Waals surface area contributed by atoms with Crippen LogP contribution in [0.3, 0.4) is 0 Å². The summed E-state index contributed by atoms with van der Waals surface area (Å²) in [5.41, 5.74) is 3.37. The molecule has 1 N–H and O–H groups in total. The van der Waals surface area contributed by atoms with E-state index in [2.05, 4.69) is 10.7 Å². The van der Waals surface area contributed by atoms with Crippen molar-refractivity contribution in [1.29, 1.82) is 0 Å². The van der Waals surface area contributed by atoms with Gasteiger partial charge in [0.2, 0.25) is 5.91 Å². The number of fused-ring (bicyclic) bond motifs is 1. The first kappa shape index (κ1) is 21.2. The highest BCUT2D eigenvalue weighted by molar-refractivity contribution is 7.99. The lowest BCUT2D eigenvalue weighted by molar-refractivity contribution is -0.113. The Morgan fingerprint density at radius 3 is 2.75 bits per heavy atom. The molecule has 1 aliphatic carbocycles. The number of nitrogens with zero attached hydrogens (tertiary/aromatic N) is 2. The van der Waals surface area contributed by atoms with E-state index in [-0.39, 0.29) is 17.2 Å². The number of amides is 1. The number of anilines is 1. The van der Waals surface area contributed by atoms with Crippen molar-refractivity contribution < 1.29 is 4.79 Å². The second kappa shape index (κ2) is 8.73. The summed E-state index contributed by atoms with van der Waals surface area (Å²) in [5, 5.41) is 6.75. The summed E-state index contributed by atoms with van der Waals surface area (Å²) >= 11 is 8.91. The molecule has 2 heterocycles. The number of para-hydroxylation sites is 1. The van der Waals surface area contributed by atoms with E-state index < -0.39 is 0 Å². The fraction of sp³-hybridized carbons (Fsp3) is 0.208. The minimum Gasteiger partial charge on any atom is -0.325 e. The molecule has 0 unspecified atom stereocenters. The summed E-state index contributed by atoms with van der Waals surface area (Å²) in [6.45, 7) is 1.91. The Hall–Kier alpha value is -2.61. The summed E-state index contributed by atoms with van der Waals surface area (Å²) in [7, 11) is 0. The van der Waals surface area contributed by atoms with Crippen LogP contribution in [0.4, 0.5) is 5.69 Å². The van der Waals surface area contributed by atoms with E-state index in [1.54, 1.807) is 10.6 Å². The molecule has 8 heteroatoms. The third kappa shape index (κ3) is 4.20. The highest BCUT2D eigenvalue weighted by Crippen LogP contribution is 2.44. The SMILES string of the molecule is Cc1ccc(NC(=O)CSc2nc3scc(C4CC4)c3c(=O)n2-c2ccccc2)cc1Cl. The van der Waals surface area contributed by atoms with Crippen molar-refractivity contribution in [3.63, 3.8) is 0 Å². The van der Waals surface area contributed by atoms with Crippen LogP contribution in [0.25, 0.3) is 15.9 Å². The molecular formula is C24H20ClN3O2S2. The van der Waals surface area contributed by atoms with Crippen LogP contribution in [0.1, 0.15) is 29.9 Å². The van der Waals surface area contributed by atoms with E-state index in [4.69, 9.17) is 16.6 Å². The van der Waals surface area contributed by atoms with Crippen LogP contribution in [0, 0.1) is 6.92 Å². The molecule has 1 saturated carbocycles. The molecule has 0 spiro atoms. The van der Waals surface area contributed by atoms with E-state index in [0.717, 1.165) is 34.5 Å². The van der Waals surface area contributed by atoms with Gasteiger partial charge in [0.15, 0.2) is 5.16 Å². The van der Waals surface area contributed by atoms with Gasteiger partial charge < -0.3 is 5.32 Å². The van der Waals surface area contributed by atoms with Crippen LogP contribution >= 0.6 is 34.7 Å². The number of thioether (sulfide) groups is 1. The Bertz CT molecular complexity index is 1380. The fourth-order valence-electron chi connectivity index (χ4n) is 3.59. The third-order valence-corrected chi connectivity index (χ3v) is 7.66. The van der Waals surface area contributed by atoms with Crippen LogP contribution < -0.4 is 10.9 Å². The molecule has 0 atom stereocenters. The van der Waals surface area contributed by atoms with Gasteiger partial charge in [0.05, 0.1) is 16.8 Å². The van der Waals surface area contributed by atoms with Crippen LogP contribution in [0.15, 0.2) is 63.9 Å². The molecule has 0 bridgehead atoms. The number of carbonyl (C=O) groups is 1. The standard InChI is InChI=1S/C24H20ClN3O2S2/c1-14-7-10-16(11-19(14)25)26-20(29)13-32-24-27-22-21(18(12-31-22)15-8-9-15)23(30)28(24)17-5-3-2-4-6-17/h2-7,10-12,15H,8-9,13H2,1H3,(H,26,29). The first-order chi connectivity index (χ1) is 15.5. The van der Waals surface area contributed by atoms with Crippen molar-refractivity contribution in [3.8, 4) is 5.69 Å². The third-order valence-electron chi connectivity index (χ3n) is 5.43. The van der Waals surface area contributed by atoms with Gasteiger partial charge in [-0.05, 0) is 66.5 Å². The van der Waals surface area contributed by atoms with Crippen molar-refractivity contribution in [2.75, 3.05) is 11.1 Å². The zero-order valence-electron chi connectivity index (χ0n) is 17.3. The van der Waals surface area contributed by atoms with Crippen molar-refractivity contribution in [2.24, 2.45) is 0 Å². The topological polar surface area (TPSA) is 64.0 Å². The maximum absolute atomic E-state index is 13.6. The molecule has 162 valence electrons. The van der Waals surface area contributed by atoms with Gasteiger partial charge >= 0.3 is 0 Å². The van der Waals surface area contributed by atoms with E-state index in [9.17, 15) is 9.59 Å². The van der Waals surface area contributed by atoms with Crippen LogP contribution in [-0.2, 0) is 4.79 Å². The minimum atomic E-state index is -0.186. The largest absolute Gasteiger partial charge is 0.325 e. The van der Waals surface area contributed by atoms with E-state index in [1.165, 1.54) is 23.1 Å². The quantitative estimate of drug-likeness (QED) is 0.270. The number of nitrogens with one attached hydrogen (secondary N) is 1. The molecule has 2 aromatic carbocycles. The Morgan fingerprint density at radius 2 is 2.03 bits per heavy atom. The second-order valence-corrected chi connectivity index (χ2v) is 10.0. The van der Waals surface area contributed by atoms with Gasteiger partial charge in [0.1, 0.15) is 4.83 Å². The zero-order chi connectivity index (χ0) is 22.2. The van der Waals surface area contributed by atoms with Gasteiger partial charge in [0.25, 0.3) is 5.56 Å². The molecule has 2 aromatic heterocycles. The summed E-state index contributed by atoms with van der Waals surface area (Å²) in [6.07, 6.45) is 2.24. The number of hydrogen-bond donors (Lipinski definition) is 1. The van der Waals surface area contributed by atoms with Gasteiger partial charge in [-0.25, -0.2) is 4.98 Å². The Kier molecular flexibility index (Phi) is 5.80. The molecule has 0 saturated heterocycles. The lowest BCUT2D eigenvalue weighted by Crippen LogP contribution is -2.23. The highest BCUT2D eigenvalue weighted by Gasteiger charge is 2.29. The number of hydrogen-bond acceptors (Lipinski definition) is 5. The van der Waals surface area contributed by atoms with Crippen molar-refractivity contribution in [3.05, 3.63) is 80.4 Å². The molecule has 5 nitrogen and oxygen atoms in total. The maximum Gasteiger partial charge on any atom is 0.267 e. The van der Waals surface area contributed by atoms with E-state index in [1.807, 2.05) is 49.4 Å². The Balaban J connectivity index is 1.47. The molecule has 1 amide bonds. The normalized spacial score (nSPS) is 13.4. The van der Waals surface area contributed by atoms with Crippen molar-refractivity contribution in [1.82, 2.24) is 9.55 Å². The maximum atomic E-state index is 13.6. The molecular weight excluding hydrogens is 462 g/mol. The number of benzene rings is 2. The minimum absolute atomic E-state index is 0.0717. The number of rotatable bonds is 6. The summed E-state index contributed by atoms with van der Waals surface area (Å²) in [6, 6.07) is 14.9.